The van der Waals surface area contributed by atoms with Gasteiger partial charge in [0, 0.05) is 11.4 Å². The fraction of sp³-hybridized carbons (Fsp3) is 0.0625. The van der Waals surface area contributed by atoms with Crippen LogP contribution in [0.1, 0.15) is 0 Å². The zero-order chi connectivity index (χ0) is 32.0. The summed E-state index contributed by atoms with van der Waals surface area (Å²) in [5.74, 6) is 0. The molecule has 0 saturated heterocycles. The van der Waals surface area contributed by atoms with E-state index >= 15 is 0 Å². The highest BCUT2D eigenvalue weighted by Gasteiger charge is 2.26. The maximum Gasteiger partial charge on any atom is 0.219 e. The number of hydrogen-bond donors (Lipinski definition) is 2. The number of sulfone groups is 2. The van der Waals surface area contributed by atoms with Gasteiger partial charge in [0.25, 0.3) is 0 Å². The number of rotatable bonds is 10. The van der Waals surface area contributed by atoms with Crippen LogP contribution in [0.2, 0.25) is 0 Å². The zero-order valence-electron chi connectivity index (χ0n) is 23.7. The molecule has 0 aliphatic rings. The largest absolute Gasteiger partial charge is 0.349 e. The number of nitrogens with one attached hydrogen (secondary N) is 2. The quantitative estimate of drug-likeness (QED) is 0.167. The molecule has 0 aliphatic carbocycles. The molecule has 0 aliphatic heterocycles. The summed E-state index contributed by atoms with van der Waals surface area (Å²) in [7, 11) is -7.69. The van der Waals surface area contributed by atoms with Crippen molar-refractivity contribution in [3.8, 4) is 12.1 Å². The Morgan fingerprint density at radius 3 is 1.05 bits per heavy atom. The Morgan fingerprint density at radius 1 is 0.523 bits per heavy atom. The fourth-order valence-corrected chi connectivity index (χ4v) is 8.00. The van der Waals surface area contributed by atoms with E-state index in [1.165, 1.54) is 47.8 Å². The van der Waals surface area contributed by atoms with Gasteiger partial charge in [-0.25, -0.2) is 16.8 Å². The number of thioether (sulfide) groups is 2. The second-order valence-electron chi connectivity index (χ2n) is 8.56. The van der Waals surface area contributed by atoms with Crippen LogP contribution in [0.5, 0.6) is 0 Å². The number of para-hydroxylation sites is 2. The van der Waals surface area contributed by atoms with E-state index in [9.17, 15) is 27.4 Å². The summed E-state index contributed by atoms with van der Waals surface area (Å²) in [6.07, 6.45) is 3.45. The first kappa shape index (κ1) is 34.0. The molecule has 4 rings (SSSR count). The lowest BCUT2D eigenvalue weighted by molar-refractivity contribution is 0.601. The van der Waals surface area contributed by atoms with Crippen molar-refractivity contribution in [2.45, 2.75) is 9.79 Å². The zero-order valence-corrected chi connectivity index (χ0v) is 27.0. The van der Waals surface area contributed by atoms with Gasteiger partial charge in [0.2, 0.25) is 19.7 Å². The summed E-state index contributed by atoms with van der Waals surface area (Å²) in [4.78, 5) is -0.356. The van der Waals surface area contributed by atoms with Gasteiger partial charge in [0.15, 0.2) is 9.81 Å². The van der Waals surface area contributed by atoms with E-state index in [0.29, 0.717) is 10.1 Å². The van der Waals surface area contributed by atoms with E-state index in [1.54, 1.807) is 73.2 Å². The molecule has 0 radical (unpaired) electrons. The molecule has 0 fully saturated rings. The predicted octanol–water partition coefficient (Wildman–Crippen LogP) is 7.26. The second kappa shape index (κ2) is 16.4. The smallest absolute Gasteiger partial charge is 0.219 e. The summed E-state index contributed by atoms with van der Waals surface area (Å²) in [5.41, 5.74) is 1.45. The molecule has 0 heterocycles. The SMILES string of the molecule is CS/C(Nc1ccccc1)=C(\C#N)S(=O)(=O)c1ccccc1.CS/C(Nc1ccccc1)=C(\C#N)S(=O)(=O)c1ccccc1. The Hall–Kier alpha value is -4.46. The third-order valence-corrected chi connectivity index (χ3v) is 10.9. The third kappa shape index (κ3) is 8.78. The van der Waals surface area contributed by atoms with Crippen molar-refractivity contribution in [3.05, 3.63) is 141 Å². The first-order chi connectivity index (χ1) is 21.2. The minimum absolute atomic E-state index is 0.105. The number of benzene rings is 4. The average molecular weight is 661 g/mol. The third-order valence-electron chi connectivity index (χ3n) is 5.73. The molecule has 8 nitrogen and oxygen atoms in total. The molecule has 0 unspecified atom stereocenters. The molecule has 0 atom stereocenters. The van der Waals surface area contributed by atoms with Crippen molar-refractivity contribution < 1.29 is 16.8 Å². The van der Waals surface area contributed by atoms with Crippen LogP contribution in [-0.2, 0) is 19.7 Å². The number of allylic oxidation sites excluding steroid dienone is 2. The molecule has 0 aromatic heterocycles. The van der Waals surface area contributed by atoms with Crippen LogP contribution in [0.4, 0.5) is 11.4 Å². The molecular formula is C32H28N4O4S4. The maximum atomic E-state index is 12.6. The van der Waals surface area contributed by atoms with Gasteiger partial charge in [-0.1, -0.05) is 72.8 Å². The number of nitriles is 2. The standard InChI is InChI=1S/2C16H14N2O2S2/c2*1-21-16(18-13-8-4-2-5-9-13)15(12-17)22(19,20)14-10-6-3-7-11-14/h2*2-11,18H,1H3/b2*16-15+. The molecule has 0 spiro atoms. The topological polar surface area (TPSA) is 140 Å². The number of hydrogen-bond acceptors (Lipinski definition) is 10. The molecule has 0 saturated carbocycles. The molecule has 2 N–H and O–H groups in total. The monoisotopic (exact) mass is 660 g/mol. The molecule has 4 aromatic rings. The Bertz CT molecular complexity index is 1760. The highest BCUT2D eigenvalue weighted by Crippen LogP contribution is 2.29. The molecule has 12 heteroatoms. The molecule has 4 aromatic carbocycles. The van der Waals surface area contributed by atoms with Gasteiger partial charge in [-0.2, -0.15) is 10.5 Å². The summed E-state index contributed by atoms with van der Waals surface area (Å²) in [6, 6.07) is 37.8. The fourth-order valence-electron chi connectivity index (χ4n) is 3.61. The van der Waals surface area contributed by atoms with E-state index in [0.717, 1.165) is 11.4 Å². The van der Waals surface area contributed by atoms with Gasteiger partial charge in [-0.05, 0) is 61.0 Å². The molecule has 0 amide bonds. The molecule has 0 bridgehead atoms. The van der Waals surface area contributed by atoms with Crippen molar-refractivity contribution in [1.29, 1.82) is 10.5 Å². The van der Waals surface area contributed by atoms with Crippen molar-refractivity contribution >= 4 is 54.6 Å². The molecule has 224 valence electrons. The van der Waals surface area contributed by atoms with Gasteiger partial charge in [0.05, 0.1) is 9.79 Å². The van der Waals surface area contributed by atoms with Crippen LogP contribution in [0.25, 0.3) is 0 Å². The average Bonchev–Trinajstić information content (AvgIpc) is 3.06. The van der Waals surface area contributed by atoms with Gasteiger partial charge in [-0.15, -0.1) is 23.5 Å². The van der Waals surface area contributed by atoms with Crippen LogP contribution in [0.15, 0.2) is 151 Å². The Balaban J connectivity index is 0.000000240. The van der Waals surface area contributed by atoms with Crippen molar-refractivity contribution in [2.24, 2.45) is 0 Å². The molecule has 44 heavy (non-hydrogen) atoms. The van der Waals surface area contributed by atoms with Crippen LogP contribution in [0, 0.1) is 22.7 Å². The highest BCUT2D eigenvalue weighted by atomic mass is 32.2. The number of nitrogens with zero attached hydrogens (tertiary/aromatic N) is 2. The summed E-state index contributed by atoms with van der Waals surface area (Å²) >= 11 is 2.37. The first-order valence-electron chi connectivity index (χ1n) is 12.8. The number of anilines is 2. The molecular weight excluding hydrogens is 633 g/mol. The van der Waals surface area contributed by atoms with Crippen molar-refractivity contribution in [2.75, 3.05) is 23.1 Å². The van der Waals surface area contributed by atoms with E-state index < -0.39 is 19.7 Å². The second-order valence-corrected chi connectivity index (χ2v) is 14.0. The van der Waals surface area contributed by atoms with Gasteiger partial charge in [0.1, 0.15) is 22.2 Å². The van der Waals surface area contributed by atoms with Crippen LogP contribution >= 0.6 is 23.5 Å². The minimum atomic E-state index is -3.85. The van der Waals surface area contributed by atoms with Gasteiger partial charge >= 0.3 is 0 Å². The highest BCUT2D eigenvalue weighted by molar-refractivity contribution is 8.04. The first-order valence-corrected chi connectivity index (χ1v) is 18.2. The Labute approximate surface area is 267 Å². The predicted molar refractivity (Wildman–Crippen MR) is 180 cm³/mol. The normalized spacial score (nSPS) is 12.2. The van der Waals surface area contributed by atoms with E-state index in [4.69, 9.17) is 0 Å². The summed E-state index contributed by atoms with van der Waals surface area (Å²) < 4.78 is 50.5. The van der Waals surface area contributed by atoms with Crippen LogP contribution < -0.4 is 10.6 Å². The van der Waals surface area contributed by atoms with Crippen molar-refractivity contribution in [1.82, 2.24) is 0 Å². The van der Waals surface area contributed by atoms with Gasteiger partial charge < -0.3 is 10.6 Å². The van der Waals surface area contributed by atoms with Crippen molar-refractivity contribution in [3.63, 3.8) is 0 Å². The minimum Gasteiger partial charge on any atom is -0.349 e. The lowest BCUT2D eigenvalue weighted by Crippen LogP contribution is -2.09. The maximum absolute atomic E-state index is 12.6. The van der Waals surface area contributed by atoms with E-state index in [2.05, 4.69) is 10.6 Å². The van der Waals surface area contributed by atoms with Gasteiger partial charge in [-0.3, -0.25) is 0 Å². The summed E-state index contributed by atoms with van der Waals surface area (Å²) in [5, 5.41) is 25.3. The lowest BCUT2D eigenvalue weighted by atomic mass is 10.3. The lowest BCUT2D eigenvalue weighted by Gasteiger charge is -2.11. The van der Waals surface area contributed by atoms with Crippen LogP contribution in [-0.4, -0.2) is 29.3 Å². The van der Waals surface area contributed by atoms with E-state index in [-0.39, 0.29) is 19.6 Å². The van der Waals surface area contributed by atoms with Crippen LogP contribution in [0.3, 0.4) is 0 Å². The Morgan fingerprint density at radius 2 is 0.795 bits per heavy atom. The van der Waals surface area contributed by atoms with E-state index in [1.807, 2.05) is 48.5 Å². The summed E-state index contributed by atoms with van der Waals surface area (Å²) in [6.45, 7) is 0. The Kier molecular flexibility index (Phi) is 12.7.